The molecular weight excluding hydrogens is 356 g/mol. The molecule has 0 radical (unpaired) electrons. The average Bonchev–Trinajstić information content (AvgIpc) is 2.56. The second-order valence-corrected chi connectivity index (χ2v) is 8.81. The Morgan fingerprint density at radius 3 is 2.39 bits per heavy atom. The van der Waals surface area contributed by atoms with Gasteiger partial charge in [0.2, 0.25) is 5.91 Å². The van der Waals surface area contributed by atoms with Crippen LogP contribution in [-0.2, 0) is 9.53 Å². The first-order valence-electron chi connectivity index (χ1n) is 10.1. The maximum absolute atomic E-state index is 12.5. The molecule has 2 amide bonds. The van der Waals surface area contributed by atoms with Gasteiger partial charge >= 0.3 is 6.09 Å². The molecule has 6 heteroatoms. The van der Waals surface area contributed by atoms with E-state index >= 15 is 0 Å². The van der Waals surface area contributed by atoms with Crippen molar-refractivity contribution in [1.29, 1.82) is 0 Å². The Morgan fingerprint density at radius 2 is 1.86 bits per heavy atom. The molecule has 0 aliphatic carbocycles. The van der Waals surface area contributed by atoms with Crippen LogP contribution in [0, 0.1) is 12.8 Å². The smallest absolute Gasteiger partial charge is 0.410 e. The molecule has 28 heavy (non-hydrogen) atoms. The Labute approximate surface area is 168 Å². The van der Waals surface area contributed by atoms with Gasteiger partial charge in [-0.25, -0.2) is 4.79 Å². The fourth-order valence-electron chi connectivity index (χ4n) is 3.23. The van der Waals surface area contributed by atoms with Crippen molar-refractivity contribution in [2.24, 2.45) is 5.92 Å². The zero-order chi connectivity index (χ0) is 20.9. The van der Waals surface area contributed by atoms with Crippen LogP contribution >= 0.6 is 0 Å². The number of carbonyl (C=O) groups excluding carboxylic acids is 2. The van der Waals surface area contributed by atoms with E-state index in [1.165, 1.54) is 0 Å². The number of amides is 2. The van der Waals surface area contributed by atoms with E-state index in [4.69, 9.17) is 9.47 Å². The molecule has 1 aliphatic heterocycles. The summed E-state index contributed by atoms with van der Waals surface area (Å²) in [6.07, 6.45) is 1.94. The third-order valence-electron chi connectivity index (χ3n) is 4.58. The van der Waals surface area contributed by atoms with E-state index in [0.717, 1.165) is 29.8 Å². The number of anilines is 1. The lowest BCUT2D eigenvalue weighted by molar-refractivity contribution is -0.117. The van der Waals surface area contributed by atoms with E-state index in [1.54, 1.807) is 4.90 Å². The molecular formula is C22H34N2O4. The SMILES string of the molecule is Cc1cc(OC(C)C)ccc1NC(=O)CC1CCN(C(=O)OC(C)(C)C)CC1. The van der Waals surface area contributed by atoms with Gasteiger partial charge in [0.1, 0.15) is 11.4 Å². The van der Waals surface area contributed by atoms with Crippen LogP contribution < -0.4 is 10.1 Å². The molecule has 0 atom stereocenters. The summed E-state index contributed by atoms with van der Waals surface area (Å²) in [5.41, 5.74) is 1.31. The van der Waals surface area contributed by atoms with E-state index < -0.39 is 5.60 Å². The fourth-order valence-corrected chi connectivity index (χ4v) is 3.23. The molecule has 0 unspecified atom stereocenters. The van der Waals surface area contributed by atoms with Gasteiger partial charge in [-0.1, -0.05) is 0 Å². The van der Waals surface area contributed by atoms with E-state index in [2.05, 4.69) is 5.32 Å². The van der Waals surface area contributed by atoms with Crippen molar-refractivity contribution < 1.29 is 19.1 Å². The maximum Gasteiger partial charge on any atom is 0.410 e. The predicted octanol–water partition coefficient (Wildman–Crippen LogP) is 4.76. The van der Waals surface area contributed by atoms with Crippen molar-refractivity contribution in [3.63, 3.8) is 0 Å². The van der Waals surface area contributed by atoms with Crippen LogP contribution in [0.3, 0.4) is 0 Å². The van der Waals surface area contributed by atoms with Gasteiger partial charge in [0.25, 0.3) is 0 Å². The van der Waals surface area contributed by atoms with Gasteiger partial charge in [0, 0.05) is 25.2 Å². The van der Waals surface area contributed by atoms with Gasteiger partial charge in [0.05, 0.1) is 6.10 Å². The van der Waals surface area contributed by atoms with Gasteiger partial charge in [-0.3, -0.25) is 4.79 Å². The minimum absolute atomic E-state index is 0.0105. The molecule has 1 N–H and O–H groups in total. The highest BCUT2D eigenvalue weighted by Gasteiger charge is 2.27. The molecule has 156 valence electrons. The number of likely N-dealkylation sites (tertiary alicyclic amines) is 1. The van der Waals surface area contributed by atoms with Crippen LogP contribution in [0.2, 0.25) is 0 Å². The Morgan fingerprint density at radius 1 is 1.21 bits per heavy atom. The fraction of sp³-hybridized carbons (Fsp3) is 0.636. The van der Waals surface area contributed by atoms with Crippen LogP contribution in [0.25, 0.3) is 0 Å². The van der Waals surface area contributed by atoms with Crippen molar-refractivity contribution in [3.8, 4) is 5.75 Å². The molecule has 0 bridgehead atoms. The summed E-state index contributed by atoms with van der Waals surface area (Å²) in [5, 5.41) is 3.00. The van der Waals surface area contributed by atoms with Crippen LogP contribution in [0.1, 0.15) is 59.4 Å². The highest BCUT2D eigenvalue weighted by molar-refractivity contribution is 5.91. The molecule has 1 aliphatic rings. The van der Waals surface area contributed by atoms with Crippen LogP contribution in [0.15, 0.2) is 18.2 Å². The Hall–Kier alpha value is -2.24. The number of nitrogens with one attached hydrogen (secondary N) is 1. The molecule has 1 heterocycles. The van der Waals surface area contributed by atoms with E-state index in [9.17, 15) is 9.59 Å². The number of carbonyl (C=O) groups is 2. The lowest BCUT2D eigenvalue weighted by Crippen LogP contribution is -2.42. The third-order valence-corrected chi connectivity index (χ3v) is 4.58. The standard InChI is InChI=1S/C22H34N2O4/c1-15(2)27-18-7-8-19(16(3)13-18)23-20(25)14-17-9-11-24(12-10-17)21(26)28-22(4,5)6/h7-8,13,15,17H,9-12,14H2,1-6H3,(H,23,25). The zero-order valence-electron chi connectivity index (χ0n) is 18.0. The molecule has 6 nitrogen and oxygen atoms in total. The van der Waals surface area contributed by atoms with Gasteiger partial charge in [-0.15, -0.1) is 0 Å². The van der Waals surface area contributed by atoms with Gasteiger partial charge in [0.15, 0.2) is 0 Å². The quantitative estimate of drug-likeness (QED) is 0.787. The first-order chi connectivity index (χ1) is 13.0. The van der Waals surface area contributed by atoms with Gasteiger partial charge < -0.3 is 19.7 Å². The second-order valence-electron chi connectivity index (χ2n) is 8.81. The highest BCUT2D eigenvalue weighted by atomic mass is 16.6. The summed E-state index contributed by atoms with van der Waals surface area (Å²) in [7, 11) is 0. The Balaban J connectivity index is 1.81. The normalized spacial score (nSPS) is 15.5. The van der Waals surface area contributed by atoms with E-state index in [1.807, 2.05) is 59.7 Å². The van der Waals surface area contributed by atoms with Crippen molar-refractivity contribution in [2.75, 3.05) is 18.4 Å². The highest BCUT2D eigenvalue weighted by Crippen LogP contribution is 2.25. The topological polar surface area (TPSA) is 67.9 Å². The van der Waals surface area contributed by atoms with E-state index in [-0.39, 0.29) is 24.0 Å². The molecule has 1 aromatic carbocycles. The summed E-state index contributed by atoms with van der Waals surface area (Å²) >= 11 is 0. The first kappa shape index (κ1) is 22.1. The van der Waals surface area contributed by atoms with Gasteiger partial charge in [-0.2, -0.15) is 0 Å². The number of nitrogens with zero attached hydrogens (tertiary/aromatic N) is 1. The average molecular weight is 391 g/mol. The summed E-state index contributed by atoms with van der Waals surface area (Å²) in [4.78, 5) is 26.3. The number of piperidine rings is 1. The molecule has 1 fully saturated rings. The maximum atomic E-state index is 12.5. The molecule has 1 saturated heterocycles. The lowest BCUT2D eigenvalue weighted by atomic mass is 9.93. The van der Waals surface area contributed by atoms with Crippen LogP contribution in [0.4, 0.5) is 10.5 Å². The molecule has 2 rings (SSSR count). The molecule has 1 aromatic rings. The summed E-state index contributed by atoms with van der Waals surface area (Å²) in [6.45, 7) is 12.8. The number of aryl methyl sites for hydroxylation is 1. The van der Waals surface area contributed by atoms with Gasteiger partial charge in [-0.05, 0) is 84.1 Å². The zero-order valence-corrected chi connectivity index (χ0v) is 18.0. The predicted molar refractivity (Wildman–Crippen MR) is 111 cm³/mol. The third kappa shape index (κ3) is 7.06. The Kier molecular flexibility index (Phi) is 7.33. The Bertz CT molecular complexity index is 686. The van der Waals surface area contributed by atoms with Crippen molar-refractivity contribution in [3.05, 3.63) is 23.8 Å². The lowest BCUT2D eigenvalue weighted by Gasteiger charge is -2.33. The number of rotatable bonds is 5. The molecule has 0 aromatic heterocycles. The largest absolute Gasteiger partial charge is 0.491 e. The number of benzene rings is 1. The summed E-state index contributed by atoms with van der Waals surface area (Å²) in [5.74, 6) is 1.10. The second kappa shape index (κ2) is 9.30. The first-order valence-corrected chi connectivity index (χ1v) is 10.1. The summed E-state index contributed by atoms with van der Waals surface area (Å²) < 4.78 is 11.1. The number of hydrogen-bond donors (Lipinski definition) is 1. The molecule has 0 spiro atoms. The van der Waals surface area contributed by atoms with Crippen LogP contribution in [-0.4, -0.2) is 41.7 Å². The monoisotopic (exact) mass is 390 g/mol. The minimum atomic E-state index is -0.485. The number of hydrogen-bond acceptors (Lipinski definition) is 4. The van der Waals surface area contributed by atoms with Crippen LogP contribution in [0.5, 0.6) is 5.75 Å². The van der Waals surface area contributed by atoms with Crippen molar-refractivity contribution >= 4 is 17.7 Å². The van der Waals surface area contributed by atoms with Crippen molar-refractivity contribution in [2.45, 2.75) is 72.5 Å². The summed E-state index contributed by atoms with van der Waals surface area (Å²) in [6, 6.07) is 5.70. The number of ether oxygens (including phenoxy) is 2. The van der Waals surface area contributed by atoms with Crippen molar-refractivity contribution in [1.82, 2.24) is 4.90 Å². The van der Waals surface area contributed by atoms with E-state index in [0.29, 0.717) is 19.5 Å². The minimum Gasteiger partial charge on any atom is -0.491 e. The molecule has 0 saturated carbocycles.